The Hall–Kier alpha value is 6.35. The van der Waals surface area contributed by atoms with Crippen molar-refractivity contribution in [2.24, 2.45) is 0 Å². The molecule has 0 N–H and O–H groups in total. The van der Waals surface area contributed by atoms with Crippen molar-refractivity contribution in [2.45, 2.75) is 0 Å². The Morgan fingerprint density at radius 1 is 0.200 bits per heavy atom. The van der Waals surface area contributed by atoms with Gasteiger partial charge in [-0.1, -0.05) is 0 Å². The Kier molecular flexibility index (Phi) is 145. The van der Waals surface area contributed by atoms with Gasteiger partial charge in [-0.2, -0.15) is 0 Å². The first-order valence-corrected chi connectivity index (χ1v) is 3.54. The second-order valence-corrected chi connectivity index (χ2v) is 1.44. The second-order valence-electron chi connectivity index (χ2n) is 1.44. The van der Waals surface area contributed by atoms with E-state index in [2.05, 4.69) is 0 Å². The van der Waals surface area contributed by atoms with E-state index < -0.39 is 36.6 Å². The van der Waals surface area contributed by atoms with Crippen LogP contribution in [0.5, 0.6) is 0 Å². The standard InChI is InChI=1S/5BO3.5Gd/c5*2-1(3)4;;;;;/q5*-3;5*+3. The van der Waals surface area contributed by atoms with Crippen molar-refractivity contribution in [2.75, 3.05) is 0 Å². The van der Waals surface area contributed by atoms with Gasteiger partial charge in [0, 0.05) is 0 Å². The molecule has 0 fully saturated rings. The van der Waals surface area contributed by atoms with Gasteiger partial charge in [0.1, 0.15) is 0 Å². The van der Waals surface area contributed by atoms with Gasteiger partial charge in [0.05, 0.1) is 0 Å². The quantitative estimate of drug-likeness (QED) is 0.203. The van der Waals surface area contributed by atoms with Gasteiger partial charge in [0.25, 0.3) is 0 Å². The van der Waals surface area contributed by atoms with Crippen LogP contribution in [0.1, 0.15) is 0 Å². The molecule has 25 heavy (non-hydrogen) atoms. The Morgan fingerprint density at radius 3 is 0.200 bits per heavy atom. The molecule has 5 radical (unpaired) electrons. The van der Waals surface area contributed by atoms with Crippen LogP contribution in [0.4, 0.5) is 0 Å². The monoisotopic (exact) mass is 1080 g/mol. The largest absolute Gasteiger partial charge is 3.00 e. The first kappa shape index (κ1) is 63.4. The molecule has 0 heterocycles. The smallest absolute Gasteiger partial charge is 0.907 e. The summed E-state index contributed by atoms with van der Waals surface area (Å²) >= 11 is 0. The topological polar surface area (TPSA) is 346 Å². The molecule has 0 aromatic carbocycles. The Morgan fingerprint density at radius 2 is 0.200 bits per heavy atom. The molecular weight excluding hydrogens is 1080 g/mol. The third-order valence-electron chi connectivity index (χ3n) is 0. The summed E-state index contributed by atoms with van der Waals surface area (Å²) in [5, 5.41) is 126. The van der Waals surface area contributed by atoms with Gasteiger partial charge in [-0.15, -0.1) is 0 Å². The van der Waals surface area contributed by atoms with Gasteiger partial charge >= 0.3 is 200 Å². The molecule has 0 aliphatic rings. The fourth-order valence-corrected chi connectivity index (χ4v) is 0. The average Bonchev–Trinajstić information content (AvgIpc) is 1.94. The van der Waals surface area contributed by atoms with Crippen molar-refractivity contribution in [3.63, 3.8) is 0 Å². The Bertz CT molecular complexity index is 92.9. The van der Waals surface area contributed by atoms with E-state index in [1.165, 1.54) is 0 Å². The van der Waals surface area contributed by atoms with Gasteiger partial charge in [0.15, 0.2) is 0 Å². The van der Waals surface area contributed by atoms with Crippen LogP contribution >= 0.6 is 0 Å². The van der Waals surface area contributed by atoms with E-state index in [0.717, 1.165) is 0 Å². The van der Waals surface area contributed by atoms with Crippen LogP contribution in [-0.2, 0) is 0 Å². The molecule has 0 aliphatic carbocycles. The minimum atomic E-state index is -2.92. The van der Waals surface area contributed by atoms with Gasteiger partial charge in [-0.3, -0.25) is 36.6 Å². The normalized spacial score (nSPS) is 5.40. The van der Waals surface area contributed by atoms with Crippen LogP contribution in [0, 0.1) is 200 Å². The van der Waals surface area contributed by atoms with E-state index in [4.69, 9.17) is 75.4 Å². The van der Waals surface area contributed by atoms with E-state index in [0.29, 0.717) is 0 Å². The van der Waals surface area contributed by atoms with Crippen LogP contribution < -0.4 is 75.4 Å². The van der Waals surface area contributed by atoms with Crippen LogP contribution in [0.3, 0.4) is 0 Å². The molecule has 145 valence electrons. The molecule has 0 rings (SSSR count). The molecule has 15 nitrogen and oxygen atoms in total. The molecule has 0 saturated heterocycles. The van der Waals surface area contributed by atoms with Crippen molar-refractivity contribution in [3.8, 4) is 0 Å². The summed E-state index contributed by atoms with van der Waals surface area (Å²) in [6, 6.07) is 0. The van der Waals surface area contributed by atoms with Crippen molar-refractivity contribution in [3.05, 3.63) is 0 Å². The molecule has 0 saturated carbocycles. The fourth-order valence-electron chi connectivity index (χ4n) is 0. The van der Waals surface area contributed by atoms with Crippen molar-refractivity contribution in [1.82, 2.24) is 0 Å². The molecule has 0 unspecified atom stereocenters. The Balaban J connectivity index is -0.0000000134. The van der Waals surface area contributed by atoms with E-state index in [9.17, 15) is 0 Å². The van der Waals surface area contributed by atoms with Crippen molar-refractivity contribution < 1.29 is 275 Å². The zero-order chi connectivity index (χ0) is 17.9. The maximum atomic E-state index is 8.42. The van der Waals surface area contributed by atoms with E-state index in [1.807, 2.05) is 0 Å². The van der Waals surface area contributed by atoms with Crippen LogP contribution in [-0.4, -0.2) is 36.6 Å². The summed E-state index contributed by atoms with van der Waals surface area (Å²) in [5.41, 5.74) is 0. The number of hydrogen-bond acceptors (Lipinski definition) is 15. The molecule has 0 atom stereocenters. The van der Waals surface area contributed by atoms with E-state index in [1.54, 1.807) is 0 Å². The molecule has 25 heteroatoms. The minimum Gasteiger partial charge on any atom is -0.907 e. The SMILES string of the molecule is [Gd+3].[Gd+3].[Gd+3].[Gd+3].[Gd+3].[O-]B([O-])[O-].[O-]B([O-])[O-].[O-]B([O-])[O-].[O-]B([O-])[O-].[O-]B([O-])[O-]. The van der Waals surface area contributed by atoms with E-state index in [-0.39, 0.29) is 200 Å². The molecule has 0 aromatic heterocycles. The van der Waals surface area contributed by atoms with Crippen LogP contribution in [0.25, 0.3) is 0 Å². The second kappa shape index (κ2) is 57.4. The molecule has 0 aliphatic heterocycles. The molecule has 0 spiro atoms. The third-order valence-corrected chi connectivity index (χ3v) is 0. The predicted octanol–water partition coefficient (Wildman–Crippen LogP) is -19.7. The van der Waals surface area contributed by atoms with Gasteiger partial charge < -0.3 is 75.4 Å². The Labute approximate surface area is 304 Å². The van der Waals surface area contributed by atoms with Gasteiger partial charge in [0.2, 0.25) is 0 Å². The summed E-state index contributed by atoms with van der Waals surface area (Å²) in [5.74, 6) is 0. The average molecular weight is 1080 g/mol. The molecule has 0 bridgehead atoms. The summed E-state index contributed by atoms with van der Waals surface area (Å²) in [7, 11) is -14.6. The first-order valence-electron chi connectivity index (χ1n) is 3.54. The summed E-state index contributed by atoms with van der Waals surface area (Å²) in [4.78, 5) is 0. The number of rotatable bonds is 0. The fraction of sp³-hybridized carbons (Fsp3) is 0. The molecule has 0 aromatic rings. The van der Waals surface area contributed by atoms with Crippen molar-refractivity contribution in [1.29, 1.82) is 0 Å². The zero-order valence-electron chi connectivity index (χ0n) is 10.8. The summed E-state index contributed by atoms with van der Waals surface area (Å²) < 4.78 is 0. The van der Waals surface area contributed by atoms with Crippen LogP contribution in [0.15, 0.2) is 0 Å². The summed E-state index contributed by atoms with van der Waals surface area (Å²) in [6.45, 7) is 0. The third kappa shape index (κ3) is 605. The van der Waals surface area contributed by atoms with Crippen LogP contribution in [0.2, 0.25) is 0 Å². The molecule has 0 amide bonds. The molecular formula is B5Gd5O15. The van der Waals surface area contributed by atoms with E-state index >= 15 is 0 Å². The maximum absolute atomic E-state index is 8.42. The minimum absolute atomic E-state index is 0. The predicted molar refractivity (Wildman–Crippen MR) is 28.8 cm³/mol. The first-order chi connectivity index (χ1) is 8.66. The number of hydrogen-bond donors (Lipinski definition) is 0. The van der Waals surface area contributed by atoms with Gasteiger partial charge in [-0.05, 0) is 0 Å². The maximum Gasteiger partial charge on any atom is 3.00 e. The van der Waals surface area contributed by atoms with Crippen molar-refractivity contribution >= 4 is 36.6 Å². The van der Waals surface area contributed by atoms with Gasteiger partial charge in [-0.25, -0.2) is 0 Å². The summed E-state index contributed by atoms with van der Waals surface area (Å²) in [6.07, 6.45) is 0. The zero-order valence-corrected chi connectivity index (χ0v) is 22.1.